The van der Waals surface area contributed by atoms with Gasteiger partial charge in [-0.1, -0.05) is 0 Å². The summed E-state index contributed by atoms with van der Waals surface area (Å²) in [5, 5.41) is 17.9. The molecule has 1 heterocycles. The van der Waals surface area contributed by atoms with Crippen molar-refractivity contribution in [1.82, 2.24) is 9.88 Å². The van der Waals surface area contributed by atoms with Crippen LogP contribution in [-0.2, 0) is 0 Å². The van der Waals surface area contributed by atoms with E-state index in [0.717, 1.165) is 6.07 Å². The van der Waals surface area contributed by atoms with Gasteiger partial charge in [-0.05, 0) is 13.3 Å². The number of aliphatic hydroxyl groups is 1. The fourth-order valence-corrected chi connectivity index (χ4v) is 1.50. The standard InChI is InChI=1S/C11H16N2O4/c1-2-13(4-3-5-14)11(17)8-6-9(15)12-10(16)7-8/h6-7,14H,2-5H2,1H3,(H2,12,15,16). The Morgan fingerprint density at radius 2 is 2.18 bits per heavy atom. The molecule has 3 N–H and O–H groups in total. The van der Waals surface area contributed by atoms with E-state index in [0.29, 0.717) is 19.5 Å². The number of hydrogen-bond donors (Lipinski definition) is 3. The zero-order valence-electron chi connectivity index (χ0n) is 9.64. The second-order valence-electron chi connectivity index (χ2n) is 3.58. The number of nitrogens with zero attached hydrogens (tertiary/aromatic N) is 1. The van der Waals surface area contributed by atoms with Crippen LogP contribution in [-0.4, -0.2) is 45.7 Å². The SMILES string of the molecule is CCN(CCCO)C(=O)c1cc(O)[nH]c(=O)c1. The molecule has 0 saturated carbocycles. The van der Waals surface area contributed by atoms with Crippen LogP contribution in [0.4, 0.5) is 0 Å². The topological polar surface area (TPSA) is 93.6 Å². The van der Waals surface area contributed by atoms with Crippen molar-refractivity contribution >= 4 is 5.91 Å². The lowest BCUT2D eigenvalue weighted by atomic mass is 10.2. The summed E-state index contributed by atoms with van der Waals surface area (Å²) in [5.41, 5.74) is -0.377. The number of H-pyrrole nitrogens is 1. The average Bonchev–Trinajstić information content (AvgIpc) is 2.28. The molecule has 1 aromatic rings. The van der Waals surface area contributed by atoms with Crippen molar-refractivity contribution in [3.63, 3.8) is 0 Å². The second-order valence-corrected chi connectivity index (χ2v) is 3.58. The quantitative estimate of drug-likeness (QED) is 0.671. The van der Waals surface area contributed by atoms with Crippen LogP contribution in [0.5, 0.6) is 5.88 Å². The molecular formula is C11H16N2O4. The molecule has 0 aliphatic rings. The van der Waals surface area contributed by atoms with Crippen molar-refractivity contribution in [2.45, 2.75) is 13.3 Å². The summed E-state index contributed by atoms with van der Waals surface area (Å²) in [7, 11) is 0. The lowest BCUT2D eigenvalue weighted by molar-refractivity contribution is 0.0753. The van der Waals surface area contributed by atoms with Crippen molar-refractivity contribution < 1.29 is 15.0 Å². The predicted molar refractivity (Wildman–Crippen MR) is 62.0 cm³/mol. The monoisotopic (exact) mass is 240 g/mol. The molecule has 0 unspecified atom stereocenters. The van der Waals surface area contributed by atoms with Gasteiger partial charge >= 0.3 is 0 Å². The van der Waals surface area contributed by atoms with E-state index in [2.05, 4.69) is 4.98 Å². The van der Waals surface area contributed by atoms with Gasteiger partial charge in [-0.3, -0.25) is 14.6 Å². The fourth-order valence-electron chi connectivity index (χ4n) is 1.50. The minimum absolute atomic E-state index is 0.00437. The molecule has 0 bridgehead atoms. The highest BCUT2D eigenvalue weighted by molar-refractivity contribution is 5.94. The van der Waals surface area contributed by atoms with Gasteiger partial charge < -0.3 is 15.1 Å². The zero-order chi connectivity index (χ0) is 12.8. The van der Waals surface area contributed by atoms with E-state index in [-0.39, 0.29) is 24.0 Å². The van der Waals surface area contributed by atoms with Crippen LogP contribution in [0.3, 0.4) is 0 Å². The van der Waals surface area contributed by atoms with Gasteiger partial charge in [0.2, 0.25) is 0 Å². The van der Waals surface area contributed by atoms with Gasteiger partial charge in [-0.25, -0.2) is 0 Å². The Balaban J connectivity index is 2.89. The molecule has 6 heteroatoms. The molecule has 1 amide bonds. The first kappa shape index (κ1) is 13.2. The van der Waals surface area contributed by atoms with E-state index in [1.54, 1.807) is 0 Å². The molecule has 0 saturated heterocycles. The van der Waals surface area contributed by atoms with Crippen molar-refractivity contribution in [3.05, 3.63) is 28.0 Å². The number of amides is 1. The Kier molecular flexibility index (Phi) is 4.71. The highest BCUT2D eigenvalue weighted by atomic mass is 16.3. The maximum atomic E-state index is 12.0. The molecule has 0 spiro atoms. The Morgan fingerprint density at radius 1 is 1.47 bits per heavy atom. The molecule has 1 rings (SSSR count). The molecule has 0 aliphatic carbocycles. The molecule has 6 nitrogen and oxygen atoms in total. The third-order valence-electron chi connectivity index (χ3n) is 2.33. The number of aliphatic hydroxyl groups excluding tert-OH is 1. The number of aromatic amines is 1. The van der Waals surface area contributed by atoms with Crippen LogP contribution in [0.1, 0.15) is 23.7 Å². The Morgan fingerprint density at radius 3 is 2.71 bits per heavy atom. The largest absolute Gasteiger partial charge is 0.494 e. The highest BCUT2D eigenvalue weighted by Crippen LogP contribution is 2.08. The fraction of sp³-hybridized carbons (Fsp3) is 0.455. The Hall–Kier alpha value is -1.82. The van der Waals surface area contributed by atoms with E-state index in [1.165, 1.54) is 11.0 Å². The molecule has 0 fully saturated rings. The van der Waals surface area contributed by atoms with E-state index in [1.807, 2.05) is 6.92 Å². The first-order valence-electron chi connectivity index (χ1n) is 5.42. The summed E-state index contributed by atoms with van der Waals surface area (Å²) in [6.45, 7) is 2.71. The molecule has 0 aromatic carbocycles. The van der Waals surface area contributed by atoms with E-state index in [9.17, 15) is 14.7 Å². The summed E-state index contributed by atoms with van der Waals surface area (Å²) in [5.74, 6) is -0.665. The van der Waals surface area contributed by atoms with Gasteiger partial charge in [-0.15, -0.1) is 0 Å². The van der Waals surface area contributed by atoms with Crippen LogP contribution in [0.25, 0.3) is 0 Å². The lowest BCUT2D eigenvalue weighted by Crippen LogP contribution is -2.32. The second kappa shape index (κ2) is 6.05. The number of nitrogens with one attached hydrogen (secondary N) is 1. The van der Waals surface area contributed by atoms with Crippen LogP contribution in [0.2, 0.25) is 0 Å². The van der Waals surface area contributed by atoms with Crippen molar-refractivity contribution in [3.8, 4) is 5.88 Å². The zero-order valence-corrected chi connectivity index (χ0v) is 9.64. The molecule has 17 heavy (non-hydrogen) atoms. The van der Waals surface area contributed by atoms with Gasteiger partial charge in [0.1, 0.15) is 0 Å². The Labute approximate surface area is 98.5 Å². The predicted octanol–water partition coefficient (Wildman–Crippen LogP) is -0.0750. The number of aromatic hydroxyl groups is 1. The lowest BCUT2D eigenvalue weighted by Gasteiger charge is -2.20. The maximum absolute atomic E-state index is 12.0. The van der Waals surface area contributed by atoms with E-state index < -0.39 is 5.56 Å². The van der Waals surface area contributed by atoms with Crippen LogP contribution in [0, 0.1) is 0 Å². The third-order valence-corrected chi connectivity index (χ3v) is 2.33. The summed E-state index contributed by atoms with van der Waals surface area (Å²) < 4.78 is 0. The molecule has 0 radical (unpaired) electrons. The number of carbonyl (C=O) groups is 1. The summed E-state index contributed by atoms with van der Waals surface area (Å²) >= 11 is 0. The smallest absolute Gasteiger partial charge is 0.254 e. The third kappa shape index (κ3) is 3.60. The molecule has 1 aromatic heterocycles. The summed E-state index contributed by atoms with van der Waals surface area (Å²) in [4.78, 5) is 26.7. The van der Waals surface area contributed by atoms with Gasteiger partial charge in [0.25, 0.3) is 11.5 Å². The molecule has 94 valence electrons. The van der Waals surface area contributed by atoms with Gasteiger partial charge in [0, 0.05) is 31.8 Å². The van der Waals surface area contributed by atoms with Crippen LogP contribution in [0.15, 0.2) is 16.9 Å². The molecular weight excluding hydrogens is 224 g/mol. The Bertz CT molecular complexity index is 441. The number of hydrogen-bond acceptors (Lipinski definition) is 4. The van der Waals surface area contributed by atoms with Crippen LogP contribution >= 0.6 is 0 Å². The maximum Gasteiger partial charge on any atom is 0.254 e. The van der Waals surface area contributed by atoms with E-state index >= 15 is 0 Å². The highest BCUT2D eigenvalue weighted by Gasteiger charge is 2.14. The molecule has 0 atom stereocenters. The number of aromatic nitrogens is 1. The number of pyridine rings is 1. The van der Waals surface area contributed by atoms with Crippen LogP contribution < -0.4 is 5.56 Å². The minimum atomic E-state index is -0.522. The minimum Gasteiger partial charge on any atom is -0.494 e. The number of carbonyl (C=O) groups excluding carboxylic acids is 1. The number of rotatable bonds is 5. The first-order valence-corrected chi connectivity index (χ1v) is 5.42. The first-order chi connectivity index (χ1) is 8.08. The van der Waals surface area contributed by atoms with Gasteiger partial charge in [0.15, 0.2) is 5.88 Å². The van der Waals surface area contributed by atoms with Crippen molar-refractivity contribution in [1.29, 1.82) is 0 Å². The van der Waals surface area contributed by atoms with Crippen molar-refractivity contribution in [2.24, 2.45) is 0 Å². The van der Waals surface area contributed by atoms with Crippen molar-refractivity contribution in [2.75, 3.05) is 19.7 Å². The van der Waals surface area contributed by atoms with Gasteiger partial charge in [0.05, 0.1) is 5.56 Å². The molecule has 0 aliphatic heterocycles. The van der Waals surface area contributed by atoms with Gasteiger partial charge in [-0.2, -0.15) is 0 Å². The van der Waals surface area contributed by atoms with E-state index in [4.69, 9.17) is 5.11 Å². The average molecular weight is 240 g/mol. The summed E-state index contributed by atoms with van der Waals surface area (Å²) in [6, 6.07) is 2.36. The normalized spacial score (nSPS) is 10.2. The summed E-state index contributed by atoms with van der Waals surface area (Å²) in [6.07, 6.45) is 0.481.